The minimum atomic E-state index is -0.161. The maximum atomic E-state index is 12.9. The van der Waals surface area contributed by atoms with Gasteiger partial charge in [0.15, 0.2) is 0 Å². The van der Waals surface area contributed by atoms with Gasteiger partial charge < -0.3 is 5.32 Å². The van der Waals surface area contributed by atoms with Crippen molar-refractivity contribution in [1.82, 2.24) is 4.57 Å². The van der Waals surface area contributed by atoms with E-state index in [0.29, 0.717) is 5.92 Å². The van der Waals surface area contributed by atoms with Crippen molar-refractivity contribution in [2.75, 3.05) is 5.32 Å². The van der Waals surface area contributed by atoms with Crippen LogP contribution in [0.4, 0.5) is 10.5 Å². The highest BCUT2D eigenvalue weighted by Gasteiger charge is 2.17. The summed E-state index contributed by atoms with van der Waals surface area (Å²) >= 11 is 0. The van der Waals surface area contributed by atoms with Crippen LogP contribution in [0.3, 0.4) is 0 Å². The van der Waals surface area contributed by atoms with Gasteiger partial charge in [-0.05, 0) is 35.2 Å². The molecular formula is C24H24N2O. The molecule has 1 heterocycles. The lowest BCUT2D eigenvalue weighted by Gasteiger charge is -2.12. The molecular weight excluding hydrogens is 332 g/mol. The Morgan fingerprint density at radius 2 is 1.52 bits per heavy atom. The Morgan fingerprint density at radius 1 is 0.852 bits per heavy atom. The summed E-state index contributed by atoms with van der Waals surface area (Å²) in [5.41, 5.74) is 5.22. The molecule has 0 aliphatic rings. The highest BCUT2D eigenvalue weighted by molar-refractivity contribution is 6.04. The molecule has 1 N–H and O–H groups in total. The van der Waals surface area contributed by atoms with E-state index in [1.165, 1.54) is 11.1 Å². The van der Waals surface area contributed by atoms with E-state index in [4.69, 9.17) is 0 Å². The van der Waals surface area contributed by atoms with Crippen LogP contribution in [0.2, 0.25) is 0 Å². The molecule has 0 radical (unpaired) electrons. The maximum Gasteiger partial charge on any atom is 0.330 e. The van der Waals surface area contributed by atoms with E-state index in [0.717, 1.165) is 22.2 Å². The summed E-state index contributed by atoms with van der Waals surface area (Å²) in [6, 6.07) is 25.8. The molecule has 136 valence electrons. The number of hydrogen-bond acceptors (Lipinski definition) is 1. The van der Waals surface area contributed by atoms with Crippen LogP contribution in [0, 0.1) is 0 Å². The van der Waals surface area contributed by atoms with Crippen LogP contribution in [0.5, 0.6) is 0 Å². The number of aromatic nitrogens is 1. The monoisotopic (exact) mass is 356 g/mol. The largest absolute Gasteiger partial charge is 0.330 e. The maximum absolute atomic E-state index is 12.9. The number of fused-ring (bicyclic) bond motifs is 1. The third kappa shape index (κ3) is 3.24. The Morgan fingerprint density at radius 3 is 2.30 bits per heavy atom. The van der Waals surface area contributed by atoms with Crippen molar-refractivity contribution >= 4 is 22.6 Å². The molecule has 0 bridgehead atoms. The van der Waals surface area contributed by atoms with Crippen molar-refractivity contribution in [3.8, 4) is 11.1 Å². The average molecular weight is 356 g/mol. The smallest absolute Gasteiger partial charge is 0.307 e. The van der Waals surface area contributed by atoms with Gasteiger partial charge in [0, 0.05) is 24.3 Å². The van der Waals surface area contributed by atoms with Gasteiger partial charge in [-0.3, -0.25) is 4.57 Å². The number of carbonyl (C=O) groups excluding carboxylic acids is 1. The van der Waals surface area contributed by atoms with Crippen LogP contribution in [0.25, 0.3) is 22.0 Å². The lowest BCUT2D eigenvalue weighted by molar-refractivity contribution is 0.254. The lowest BCUT2D eigenvalue weighted by Crippen LogP contribution is -2.18. The van der Waals surface area contributed by atoms with Gasteiger partial charge >= 0.3 is 6.03 Å². The minimum absolute atomic E-state index is 0. The topological polar surface area (TPSA) is 34.0 Å². The SMILES string of the molecule is CC(C)c1ccccc1-c1cn(C(=O)Nc2ccccc2)c2ccccc12.[HH]. The summed E-state index contributed by atoms with van der Waals surface area (Å²) in [5.74, 6) is 0.404. The van der Waals surface area contributed by atoms with Gasteiger partial charge in [-0.1, -0.05) is 74.5 Å². The molecule has 0 atom stereocenters. The summed E-state index contributed by atoms with van der Waals surface area (Å²) in [6.45, 7) is 4.39. The Hall–Kier alpha value is -3.33. The van der Waals surface area contributed by atoms with E-state index in [-0.39, 0.29) is 7.46 Å². The second-order valence-electron chi connectivity index (χ2n) is 6.97. The van der Waals surface area contributed by atoms with Crippen LogP contribution in [0.15, 0.2) is 85.1 Å². The number of para-hydroxylation sites is 2. The number of anilines is 1. The summed E-state index contributed by atoms with van der Waals surface area (Å²) in [6.07, 6.45) is 1.95. The number of amides is 1. The minimum Gasteiger partial charge on any atom is -0.307 e. The summed E-state index contributed by atoms with van der Waals surface area (Å²) < 4.78 is 1.70. The number of carbonyl (C=O) groups is 1. The van der Waals surface area contributed by atoms with E-state index < -0.39 is 0 Å². The number of benzene rings is 3. The first-order chi connectivity index (χ1) is 13.1. The molecule has 0 aliphatic carbocycles. The van der Waals surface area contributed by atoms with E-state index in [9.17, 15) is 4.79 Å². The second kappa shape index (κ2) is 7.12. The van der Waals surface area contributed by atoms with Crippen molar-refractivity contribution in [2.45, 2.75) is 19.8 Å². The lowest BCUT2D eigenvalue weighted by atomic mass is 9.92. The average Bonchev–Trinajstić information content (AvgIpc) is 3.08. The zero-order valence-corrected chi connectivity index (χ0v) is 15.5. The molecule has 0 unspecified atom stereocenters. The molecule has 1 amide bonds. The number of rotatable bonds is 3. The molecule has 0 saturated carbocycles. The third-order valence-corrected chi connectivity index (χ3v) is 4.83. The Kier molecular flexibility index (Phi) is 4.51. The first-order valence-electron chi connectivity index (χ1n) is 9.21. The van der Waals surface area contributed by atoms with Crippen LogP contribution < -0.4 is 5.32 Å². The van der Waals surface area contributed by atoms with Crippen LogP contribution in [-0.2, 0) is 0 Å². The molecule has 0 aliphatic heterocycles. The van der Waals surface area contributed by atoms with E-state index in [2.05, 4.69) is 49.5 Å². The predicted molar refractivity (Wildman–Crippen MR) is 114 cm³/mol. The molecule has 3 aromatic carbocycles. The summed E-state index contributed by atoms with van der Waals surface area (Å²) in [5, 5.41) is 4.05. The summed E-state index contributed by atoms with van der Waals surface area (Å²) in [7, 11) is 0. The Balaban J connectivity index is 0.00000225. The first-order valence-corrected chi connectivity index (χ1v) is 9.21. The number of nitrogens with one attached hydrogen (secondary N) is 1. The molecule has 27 heavy (non-hydrogen) atoms. The van der Waals surface area contributed by atoms with Gasteiger partial charge in [0.05, 0.1) is 5.52 Å². The fourth-order valence-electron chi connectivity index (χ4n) is 3.51. The molecule has 0 fully saturated rings. The van der Waals surface area contributed by atoms with E-state index in [1.54, 1.807) is 4.57 Å². The zero-order chi connectivity index (χ0) is 18.8. The van der Waals surface area contributed by atoms with Gasteiger partial charge in [-0.2, -0.15) is 0 Å². The highest BCUT2D eigenvalue weighted by atomic mass is 16.2. The van der Waals surface area contributed by atoms with E-state index in [1.807, 2.05) is 54.7 Å². The van der Waals surface area contributed by atoms with Crippen molar-refractivity contribution in [1.29, 1.82) is 0 Å². The van der Waals surface area contributed by atoms with Crippen molar-refractivity contribution in [3.63, 3.8) is 0 Å². The fraction of sp³-hybridized carbons (Fsp3) is 0.125. The van der Waals surface area contributed by atoms with Crippen LogP contribution >= 0.6 is 0 Å². The van der Waals surface area contributed by atoms with Gasteiger partial charge in [0.2, 0.25) is 0 Å². The quantitative estimate of drug-likeness (QED) is 0.432. The number of nitrogens with zero attached hydrogens (tertiary/aromatic N) is 1. The van der Waals surface area contributed by atoms with Crippen molar-refractivity contribution < 1.29 is 6.22 Å². The molecule has 0 spiro atoms. The molecule has 3 nitrogen and oxygen atoms in total. The van der Waals surface area contributed by atoms with Crippen LogP contribution in [-0.4, -0.2) is 10.6 Å². The van der Waals surface area contributed by atoms with Crippen molar-refractivity contribution in [3.05, 3.63) is 90.6 Å². The van der Waals surface area contributed by atoms with Crippen LogP contribution in [0.1, 0.15) is 26.8 Å². The Bertz CT molecular complexity index is 1100. The predicted octanol–water partition coefficient (Wildman–Crippen LogP) is 6.76. The molecule has 1 aromatic heterocycles. The third-order valence-electron chi connectivity index (χ3n) is 4.83. The fourth-order valence-corrected chi connectivity index (χ4v) is 3.51. The van der Waals surface area contributed by atoms with E-state index >= 15 is 0 Å². The summed E-state index contributed by atoms with van der Waals surface area (Å²) in [4.78, 5) is 12.9. The van der Waals surface area contributed by atoms with Gasteiger partial charge in [0.25, 0.3) is 0 Å². The standard InChI is InChI=1S/C24H22N2O.H2/c1-17(2)19-12-6-7-13-20(19)22-16-26(23-15-9-8-14-21(22)23)24(27)25-18-10-4-3-5-11-18;/h3-17H,1-2H3,(H,25,27);1H. The molecule has 0 saturated heterocycles. The molecule has 4 rings (SSSR count). The van der Waals surface area contributed by atoms with Crippen molar-refractivity contribution in [2.24, 2.45) is 0 Å². The number of hydrogen-bond donors (Lipinski definition) is 1. The molecule has 3 heteroatoms. The normalized spacial score (nSPS) is 11.1. The second-order valence-corrected chi connectivity index (χ2v) is 6.97. The first kappa shape index (κ1) is 17.1. The Labute approximate surface area is 160 Å². The highest BCUT2D eigenvalue weighted by Crippen LogP contribution is 2.35. The van der Waals surface area contributed by atoms with Gasteiger partial charge in [0.1, 0.15) is 0 Å². The van der Waals surface area contributed by atoms with Gasteiger partial charge in [-0.15, -0.1) is 0 Å². The molecule has 4 aromatic rings. The van der Waals surface area contributed by atoms with Gasteiger partial charge in [-0.25, -0.2) is 4.79 Å². The zero-order valence-electron chi connectivity index (χ0n) is 15.5.